The maximum atomic E-state index is 8.94. The van der Waals surface area contributed by atoms with Crippen LogP contribution in [0.5, 0.6) is 0 Å². The Kier molecular flexibility index (Phi) is 4.74. The number of nitrogens with zero attached hydrogens (tertiary/aromatic N) is 1. The van der Waals surface area contributed by atoms with Crippen molar-refractivity contribution in [1.29, 1.82) is 0 Å². The standard InChI is InChI=1S/C8H16N2O3/c1-7(11)4-9-10-8-5-12-2-3-13-6-8/h7,9,11H,2-6H2,1H3. The maximum absolute atomic E-state index is 8.94. The van der Waals surface area contributed by atoms with Crippen LogP contribution < -0.4 is 5.43 Å². The zero-order valence-corrected chi connectivity index (χ0v) is 7.82. The summed E-state index contributed by atoms with van der Waals surface area (Å²) in [7, 11) is 0. The molecule has 2 N–H and O–H groups in total. The van der Waals surface area contributed by atoms with Crippen LogP contribution in [0.4, 0.5) is 0 Å². The molecule has 1 aliphatic rings. The molecule has 0 saturated carbocycles. The van der Waals surface area contributed by atoms with Crippen molar-refractivity contribution in [2.45, 2.75) is 13.0 Å². The van der Waals surface area contributed by atoms with Crippen molar-refractivity contribution in [3.05, 3.63) is 0 Å². The minimum absolute atomic E-state index is 0.392. The summed E-state index contributed by atoms with van der Waals surface area (Å²) in [6.07, 6.45) is -0.392. The lowest BCUT2D eigenvalue weighted by molar-refractivity contribution is 0.103. The largest absolute Gasteiger partial charge is 0.392 e. The first kappa shape index (κ1) is 10.4. The Morgan fingerprint density at radius 3 is 2.62 bits per heavy atom. The van der Waals surface area contributed by atoms with Gasteiger partial charge in [-0.25, -0.2) is 0 Å². The van der Waals surface area contributed by atoms with Crippen LogP contribution in [-0.2, 0) is 9.47 Å². The first-order chi connectivity index (χ1) is 6.29. The molecular formula is C8H16N2O3. The molecule has 5 heteroatoms. The number of hydrazone groups is 1. The van der Waals surface area contributed by atoms with E-state index in [2.05, 4.69) is 10.5 Å². The SMILES string of the molecule is CC(O)CNN=C1COCCOC1. The van der Waals surface area contributed by atoms with Gasteiger partial charge in [-0.2, -0.15) is 5.10 Å². The smallest absolute Gasteiger partial charge is 0.0891 e. The van der Waals surface area contributed by atoms with Crippen LogP contribution in [-0.4, -0.2) is 49.9 Å². The Labute approximate surface area is 77.7 Å². The summed E-state index contributed by atoms with van der Waals surface area (Å²) in [6.45, 7) is 4.40. The molecule has 0 bridgehead atoms. The van der Waals surface area contributed by atoms with E-state index in [4.69, 9.17) is 14.6 Å². The molecule has 0 aromatic carbocycles. The second-order valence-electron chi connectivity index (χ2n) is 2.99. The number of hydrogen-bond donors (Lipinski definition) is 2. The number of ether oxygens (including phenoxy) is 2. The van der Waals surface area contributed by atoms with E-state index >= 15 is 0 Å². The Balaban J connectivity index is 2.22. The van der Waals surface area contributed by atoms with Crippen LogP contribution in [0.25, 0.3) is 0 Å². The third-order valence-corrected chi connectivity index (χ3v) is 1.53. The van der Waals surface area contributed by atoms with Crippen LogP contribution >= 0.6 is 0 Å². The highest BCUT2D eigenvalue weighted by atomic mass is 16.5. The van der Waals surface area contributed by atoms with E-state index < -0.39 is 6.10 Å². The molecule has 0 aromatic heterocycles. The van der Waals surface area contributed by atoms with Gasteiger partial charge in [0, 0.05) is 0 Å². The Morgan fingerprint density at radius 1 is 1.46 bits per heavy atom. The molecule has 1 saturated heterocycles. The van der Waals surface area contributed by atoms with Gasteiger partial charge in [0.1, 0.15) is 0 Å². The molecule has 1 rings (SSSR count). The minimum atomic E-state index is -0.392. The second-order valence-corrected chi connectivity index (χ2v) is 2.99. The fraction of sp³-hybridized carbons (Fsp3) is 0.875. The molecule has 1 fully saturated rings. The van der Waals surface area contributed by atoms with E-state index in [1.54, 1.807) is 6.92 Å². The summed E-state index contributed by atoms with van der Waals surface area (Å²) < 4.78 is 10.4. The maximum Gasteiger partial charge on any atom is 0.0891 e. The van der Waals surface area contributed by atoms with Crippen molar-refractivity contribution < 1.29 is 14.6 Å². The molecule has 0 aliphatic carbocycles. The van der Waals surface area contributed by atoms with E-state index in [1.165, 1.54) is 0 Å². The van der Waals surface area contributed by atoms with Gasteiger partial charge in [0.2, 0.25) is 0 Å². The second kappa shape index (κ2) is 5.90. The van der Waals surface area contributed by atoms with Crippen molar-refractivity contribution in [3.63, 3.8) is 0 Å². The van der Waals surface area contributed by atoms with Crippen molar-refractivity contribution in [1.82, 2.24) is 5.43 Å². The highest BCUT2D eigenvalue weighted by molar-refractivity contribution is 5.86. The van der Waals surface area contributed by atoms with E-state index in [0.29, 0.717) is 33.0 Å². The zero-order valence-electron chi connectivity index (χ0n) is 7.82. The lowest BCUT2D eigenvalue weighted by atomic mass is 10.4. The molecule has 1 atom stereocenters. The Hall–Kier alpha value is -0.650. The summed E-state index contributed by atoms with van der Waals surface area (Å²) >= 11 is 0. The number of hydrogen-bond acceptors (Lipinski definition) is 5. The number of rotatable bonds is 3. The van der Waals surface area contributed by atoms with Crippen LogP contribution in [0.3, 0.4) is 0 Å². The topological polar surface area (TPSA) is 63.1 Å². The third kappa shape index (κ3) is 4.82. The predicted octanol–water partition coefficient (Wildman–Crippen LogP) is -0.640. The van der Waals surface area contributed by atoms with Gasteiger partial charge < -0.3 is 20.0 Å². The van der Waals surface area contributed by atoms with Gasteiger partial charge in [0.15, 0.2) is 0 Å². The number of nitrogens with one attached hydrogen (secondary N) is 1. The molecule has 76 valence electrons. The van der Waals surface area contributed by atoms with Crippen molar-refractivity contribution >= 4 is 5.71 Å². The van der Waals surface area contributed by atoms with Gasteiger partial charge >= 0.3 is 0 Å². The molecule has 1 aliphatic heterocycles. The van der Waals surface area contributed by atoms with Crippen LogP contribution in [0.2, 0.25) is 0 Å². The molecule has 0 spiro atoms. The summed E-state index contributed by atoms with van der Waals surface area (Å²) in [5, 5.41) is 13.0. The lowest BCUT2D eigenvalue weighted by Crippen LogP contribution is -2.23. The van der Waals surface area contributed by atoms with Crippen molar-refractivity contribution in [2.24, 2.45) is 5.10 Å². The minimum Gasteiger partial charge on any atom is -0.392 e. The van der Waals surface area contributed by atoms with Gasteiger partial charge in [-0.1, -0.05) is 0 Å². The van der Waals surface area contributed by atoms with Crippen molar-refractivity contribution in [3.8, 4) is 0 Å². The van der Waals surface area contributed by atoms with Gasteiger partial charge in [0.25, 0.3) is 0 Å². The molecule has 0 aromatic rings. The molecular weight excluding hydrogens is 172 g/mol. The monoisotopic (exact) mass is 188 g/mol. The average molecular weight is 188 g/mol. The van der Waals surface area contributed by atoms with Crippen LogP contribution in [0.1, 0.15) is 6.92 Å². The summed E-state index contributed by atoms with van der Waals surface area (Å²) in [6, 6.07) is 0. The number of aliphatic hydroxyl groups excluding tert-OH is 1. The first-order valence-electron chi connectivity index (χ1n) is 4.41. The average Bonchev–Trinajstić information content (AvgIpc) is 2.32. The van der Waals surface area contributed by atoms with Crippen LogP contribution in [0, 0.1) is 0 Å². The summed E-state index contributed by atoms with van der Waals surface area (Å²) in [5.74, 6) is 0. The highest BCUT2D eigenvalue weighted by Crippen LogP contribution is 1.90. The summed E-state index contributed by atoms with van der Waals surface area (Å²) in [4.78, 5) is 0. The Bertz CT molecular complexity index is 161. The highest BCUT2D eigenvalue weighted by Gasteiger charge is 2.05. The molecule has 1 heterocycles. The molecule has 1 unspecified atom stereocenters. The Morgan fingerprint density at radius 2 is 2.08 bits per heavy atom. The molecule has 0 amide bonds. The van der Waals surface area contributed by atoms with Gasteiger partial charge in [-0.15, -0.1) is 0 Å². The zero-order chi connectivity index (χ0) is 9.52. The van der Waals surface area contributed by atoms with Gasteiger partial charge in [0.05, 0.1) is 44.8 Å². The molecule has 5 nitrogen and oxygen atoms in total. The van der Waals surface area contributed by atoms with Gasteiger partial charge in [-0.3, -0.25) is 0 Å². The normalized spacial score (nSPS) is 20.6. The van der Waals surface area contributed by atoms with E-state index in [9.17, 15) is 0 Å². The fourth-order valence-corrected chi connectivity index (χ4v) is 0.894. The van der Waals surface area contributed by atoms with E-state index in [0.717, 1.165) is 5.71 Å². The first-order valence-corrected chi connectivity index (χ1v) is 4.41. The molecule has 0 radical (unpaired) electrons. The third-order valence-electron chi connectivity index (χ3n) is 1.53. The fourth-order valence-electron chi connectivity index (χ4n) is 0.894. The predicted molar refractivity (Wildman–Crippen MR) is 48.8 cm³/mol. The number of aliphatic hydroxyl groups is 1. The van der Waals surface area contributed by atoms with Crippen LogP contribution in [0.15, 0.2) is 5.10 Å². The van der Waals surface area contributed by atoms with Gasteiger partial charge in [-0.05, 0) is 6.92 Å². The molecule has 13 heavy (non-hydrogen) atoms. The van der Waals surface area contributed by atoms with E-state index in [-0.39, 0.29) is 0 Å². The van der Waals surface area contributed by atoms with E-state index in [1.807, 2.05) is 0 Å². The summed E-state index contributed by atoms with van der Waals surface area (Å²) in [5.41, 5.74) is 3.59. The quantitative estimate of drug-likeness (QED) is 0.578. The lowest BCUT2D eigenvalue weighted by Gasteiger charge is -2.05. The van der Waals surface area contributed by atoms with Crippen molar-refractivity contribution in [2.75, 3.05) is 33.0 Å².